The third kappa shape index (κ3) is 3.75. The zero-order valence-electron chi connectivity index (χ0n) is 17.3. The Morgan fingerprint density at radius 2 is 2.10 bits per heavy atom. The molecule has 0 aliphatic carbocycles. The zero-order chi connectivity index (χ0) is 20.5. The van der Waals surface area contributed by atoms with Gasteiger partial charge in [-0.25, -0.2) is 4.98 Å². The van der Waals surface area contributed by atoms with Crippen molar-refractivity contribution in [2.24, 2.45) is 0 Å². The van der Waals surface area contributed by atoms with Crippen molar-refractivity contribution in [1.82, 2.24) is 19.4 Å². The number of fused-ring (bicyclic) bond motifs is 1. The molecule has 1 atom stereocenters. The second-order valence-corrected chi connectivity index (χ2v) is 8.29. The van der Waals surface area contributed by atoms with E-state index >= 15 is 0 Å². The van der Waals surface area contributed by atoms with Crippen LogP contribution in [-0.2, 0) is 4.74 Å². The number of benzene rings is 1. The normalized spacial score (nSPS) is 20.8. The van der Waals surface area contributed by atoms with E-state index in [2.05, 4.69) is 19.4 Å². The molecule has 5 rings (SSSR count). The Labute approximate surface area is 175 Å². The van der Waals surface area contributed by atoms with E-state index in [1.165, 1.54) is 12.8 Å². The molecule has 4 heterocycles. The molecule has 30 heavy (non-hydrogen) atoms. The van der Waals surface area contributed by atoms with Crippen molar-refractivity contribution >= 4 is 10.9 Å². The number of likely N-dealkylation sites (tertiary alicyclic amines) is 1. The molecule has 2 fully saturated rings. The van der Waals surface area contributed by atoms with E-state index in [4.69, 9.17) is 9.47 Å². The van der Waals surface area contributed by atoms with Crippen LogP contribution in [0.25, 0.3) is 22.3 Å². The highest BCUT2D eigenvalue weighted by Crippen LogP contribution is 2.29. The summed E-state index contributed by atoms with van der Waals surface area (Å²) in [6, 6.07) is 8.00. The Balaban J connectivity index is 1.36. The van der Waals surface area contributed by atoms with Gasteiger partial charge >= 0.3 is 0 Å². The first kappa shape index (κ1) is 19.3. The SMILES string of the molecule is COc1ccc2cc(-c3nccn3C3CCN(CC4CCCO4)CC3)c(=O)[nH]c2c1. The van der Waals surface area contributed by atoms with Gasteiger partial charge in [-0.1, -0.05) is 0 Å². The number of ether oxygens (including phenoxy) is 2. The highest BCUT2D eigenvalue weighted by atomic mass is 16.5. The zero-order valence-corrected chi connectivity index (χ0v) is 17.3. The van der Waals surface area contributed by atoms with Crippen LogP contribution >= 0.6 is 0 Å². The minimum Gasteiger partial charge on any atom is -0.497 e. The van der Waals surface area contributed by atoms with E-state index in [9.17, 15) is 4.79 Å². The maximum absolute atomic E-state index is 12.8. The van der Waals surface area contributed by atoms with Gasteiger partial charge in [0.05, 0.1) is 24.3 Å². The summed E-state index contributed by atoms with van der Waals surface area (Å²) in [5.74, 6) is 1.47. The van der Waals surface area contributed by atoms with Crippen molar-refractivity contribution < 1.29 is 9.47 Å². The highest BCUT2D eigenvalue weighted by Gasteiger charge is 2.26. The summed E-state index contributed by atoms with van der Waals surface area (Å²) in [7, 11) is 1.62. The van der Waals surface area contributed by atoms with Crippen LogP contribution in [0.15, 0.2) is 41.5 Å². The van der Waals surface area contributed by atoms with Crippen molar-refractivity contribution in [1.29, 1.82) is 0 Å². The third-order valence-corrected chi connectivity index (χ3v) is 6.40. The molecule has 2 aromatic heterocycles. The van der Waals surface area contributed by atoms with Gasteiger partial charge in [0.1, 0.15) is 11.6 Å². The number of nitrogens with one attached hydrogen (secondary N) is 1. The molecule has 0 saturated carbocycles. The van der Waals surface area contributed by atoms with Gasteiger partial charge < -0.3 is 23.9 Å². The quantitative estimate of drug-likeness (QED) is 0.702. The number of H-pyrrole nitrogens is 1. The monoisotopic (exact) mass is 408 g/mol. The molecular weight excluding hydrogens is 380 g/mol. The molecule has 1 N–H and O–H groups in total. The molecule has 2 aliphatic rings. The lowest BCUT2D eigenvalue weighted by Crippen LogP contribution is -2.39. The lowest BCUT2D eigenvalue weighted by Gasteiger charge is -2.34. The predicted octanol–water partition coefficient (Wildman–Crippen LogP) is 3.22. The van der Waals surface area contributed by atoms with E-state index in [-0.39, 0.29) is 5.56 Å². The van der Waals surface area contributed by atoms with Gasteiger partial charge in [0.25, 0.3) is 5.56 Å². The maximum atomic E-state index is 12.8. The molecule has 158 valence electrons. The fraction of sp³-hybridized carbons (Fsp3) is 0.478. The Hall–Kier alpha value is -2.64. The smallest absolute Gasteiger partial charge is 0.259 e. The second kappa shape index (κ2) is 8.24. The molecular formula is C23H28N4O3. The largest absolute Gasteiger partial charge is 0.497 e. The summed E-state index contributed by atoms with van der Waals surface area (Å²) < 4.78 is 13.2. The first-order chi connectivity index (χ1) is 14.7. The number of imidazole rings is 1. The Morgan fingerprint density at radius 3 is 2.87 bits per heavy atom. The summed E-state index contributed by atoms with van der Waals surface area (Å²) >= 11 is 0. The van der Waals surface area contributed by atoms with Gasteiger partial charge in [-0.3, -0.25) is 4.79 Å². The van der Waals surface area contributed by atoms with Crippen LogP contribution < -0.4 is 10.3 Å². The Kier molecular flexibility index (Phi) is 5.31. The van der Waals surface area contributed by atoms with Crippen LogP contribution in [0.5, 0.6) is 5.75 Å². The number of nitrogens with zero attached hydrogens (tertiary/aromatic N) is 3. The summed E-state index contributed by atoms with van der Waals surface area (Å²) in [5.41, 5.74) is 1.25. The van der Waals surface area contributed by atoms with Gasteiger partial charge in [-0.15, -0.1) is 0 Å². The number of rotatable bonds is 5. The standard InChI is InChI=1S/C23H28N4O3/c1-29-18-5-4-16-13-20(23(28)25-21(16)14-18)22-24-8-11-27(22)17-6-9-26(10-7-17)15-19-3-2-12-30-19/h4-5,8,11,13-14,17,19H,2-3,6-7,9-10,12,15H2,1H3,(H,25,28). The highest BCUT2D eigenvalue weighted by molar-refractivity contribution is 5.83. The summed E-state index contributed by atoms with van der Waals surface area (Å²) in [6.07, 6.45) is 8.69. The summed E-state index contributed by atoms with van der Waals surface area (Å²) in [5, 5.41) is 0.964. The number of piperidine rings is 1. The van der Waals surface area contributed by atoms with Crippen molar-refractivity contribution in [2.45, 2.75) is 37.8 Å². The first-order valence-electron chi connectivity index (χ1n) is 10.8. The maximum Gasteiger partial charge on any atom is 0.259 e. The number of methoxy groups -OCH3 is 1. The fourth-order valence-electron chi connectivity index (χ4n) is 4.75. The van der Waals surface area contributed by atoms with Crippen molar-refractivity contribution in [2.75, 3.05) is 33.4 Å². The van der Waals surface area contributed by atoms with E-state index in [0.29, 0.717) is 17.7 Å². The number of pyridine rings is 1. The molecule has 2 saturated heterocycles. The minimum absolute atomic E-state index is 0.126. The van der Waals surface area contributed by atoms with Crippen LogP contribution in [0.1, 0.15) is 31.7 Å². The Bertz CT molecular complexity index is 1080. The number of aromatic amines is 1. The van der Waals surface area contributed by atoms with E-state index in [0.717, 1.165) is 61.6 Å². The van der Waals surface area contributed by atoms with Gasteiger partial charge in [-0.2, -0.15) is 0 Å². The van der Waals surface area contributed by atoms with Crippen molar-refractivity contribution in [3.05, 3.63) is 47.0 Å². The van der Waals surface area contributed by atoms with E-state index in [1.807, 2.05) is 30.5 Å². The lowest BCUT2D eigenvalue weighted by molar-refractivity contribution is 0.0608. The number of hydrogen-bond donors (Lipinski definition) is 1. The molecule has 0 amide bonds. The number of aromatic nitrogens is 3. The molecule has 1 unspecified atom stereocenters. The van der Waals surface area contributed by atoms with Crippen LogP contribution in [0.3, 0.4) is 0 Å². The lowest BCUT2D eigenvalue weighted by atomic mass is 10.0. The van der Waals surface area contributed by atoms with E-state index < -0.39 is 0 Å². The van der Waals surface area contributed by atoms with Crippen molar-refractivity contribution in [3.63, 3.8) is 0 Å². The van der Waals surface area contributed by atoms with Crippen molar-refractivity contribution in [3.8, 4) is 17.1 Å². The Morgan fingerprint density at radius 1 is 1.23 bits per heavy atom. The van der Waals surface area contributed by atoms with Gasteiger partial charge in [0.2, 0.25) is 0 Å². The molecule has 7 heteroatoms. The van der Waals surface area contributed by atoms with Crippen LogP contribution in [0.4, 0.5) is 0 Å². The third-order valence-electron chi connectivity index (χ3n) is 6.40. The van der Waals surface area contributed by atoms with Gasteiger partial charge in [0.15, 0.2) is 0 Å². The molecule has 0 spiro atoms. The molecule has 3 aromatic rings. The molecule has 0 bridgehead atoms. The van der Waals surface area contributed by atoms with Crippen LogP contribution in [0, 0.1) is 0 Å². The first-order valence-corrected chi connectivity index (χ1v) is 10.8. The van der Waals surface area contributed by atoms with Gasteiger partial charge in [-0.05, 0) is 49.3 Å². The van der Waals surface area contributed by atoms with E-state index in [1.54, 1.807) is 13.3 Å². The van der Waals surface area contributed by atoms with Crippen LogP contribution in [0.2, 0.25) is 0 Å². The summed E-state index contributed by atoms with van der Waals surface area (Å²) in [6.45, 7) is 4.05. The average Bonchev–Trinajstić information content (AvgIpc) is 3.45. The second-order valence-electron chi connectivity index (χ2n) is 8.29. The molecule has 1 aromatic carbocycles. The average molecular weight is 409 g/mol. The molecule has 0 radical (unpaired) electrons. The minimum atomic E-state index is -0.126. The topological polar surface area (TPSA) is 72.4 Å². The molecule has 7 nitrogen and oxygen atoms in total. The van der Waals surface area contributed by atoms with Crippen LogP contribution in [-0.4, -0.2) is 58.9 Å². The molecule has 2 aliphatic heterocycles. The predicted molar refractivity (Wildman–Crippen MR) is 116 cm³/mol. The fourth-order valence-corrected chi connectivity index (χ4v) is 4.75. The number of hydrogen-bond acceptors (Lipinski definition) is 5. The summed E-state index contributed by atoms with van der Waals surface area (Å²) in [4.78, 5) is 22.9. The van der Waals surface area contributed by atoms with Gasteiger partial charge in [0, 0.05) is 50.7 Å².